The van der Waals surface area contributed by atoms with Crippen molar-refractivity contribution in [1.82, 2.24) is 10.4 Å². The van der Waals surface area contributed by atoms with Gasteiger partial charge in [0.15, 0.2) is 11.5 Å². The Morgan fingerprint density at radius 3 is 2.53 bits per heavy atom. The van der Waals surface area contributed by atoms with Crippen LogP contribution in [0.2, 0.25) is 5.02 Å². The van der Waals surface area contributed by atoms with Gasteiger partial charge in [-0.2, -0.15) is 0 Å². The van der Waals surface area contributed by atoms with Crippen LogP contribution < -0.4 is 25.0 Å². The lowest BCUT2D eigenvalue weighted by Gasteiger charge is -2.38. The number of halogens is 1. The molecule has 0 bridgehead atoms. The topological polar surface area (TPSA) is 89.1 Å². The Morgan fingerprint density at radius 2 is 1.78 bits per heavy atom. The van der Waals surface area contributed by atoms with Crippen LogP contribution in [-0.2, 0) is 4.79 Å². The molecular weight excluding hydrogens is 482 g/mol. The van der Waals surface area contributed by atoms with E-state index >= 15 is 0 Å². The van der Waals surface area contributed by atoms with Gasteiger partial charge in [0.05, 0.1) is 26.4 Å². The minimum Gasteiger partial charge on any atom is -0.493 e. The van der Waals surface area contributed by atoms with Crippen LogP contribution in [0.3, 0.4) is 0 Å². The molecule has 0 fully saturated rings. The molecule has 8 nitrogen and oxygen atoms in total. The molecule has 1 atom stereocenters. The molecule has 2 amide bonds. The standard InChI is InChI=1S/C27H28ClN3O5/c1-17-15-19(28)11-13-22(17)36-14-6-9-25(32)30-31-26(18-10-12-23(34-2)24(16-18)35-3)29-21-8-5-4-7-20(21)27(31)33/h4-5,7-8,10-13,15-16,26,29H,6,9,14H2,1-3H3,(H,30,32). The van der Waals surface area contributed by atoms with Gasteiger partial charge in [0.2, 0.25) is 5.91 Å². The highest BCUT2D eigenvalue weighted by molar-refractivity contribution is 6.30. The van der Waals surface area contributed by atoms with Gasteiger partial charge in [-0.3, -0.25) is 15.0 Å². The molecule has 9 heteroatoms. The van der Waals surface area contributed by atoms with Crippen molar-refractivity contribution in [2.24, 2.45) is 0 Å². The number of fused-ring (bicyclic) bond motifs is 1. The van der Waals surface area contributed by atoms with Crippen molar-refractivity contribution in [2.45, 2.75) is 25.9 Å². The fourth-order valence-corrected chi connectivity index (χ4v) is 4.23. The molecule has 2 N–H and O–H groups in total. The third-order valence-electron chi connectivity index (χ3n) is 5.84. The Hall–Kier alpha value is -3.91. The van der Waals surface area contributed by atoms with Gasteiger partial charge in [-0.15, -0.1) is 0 Å². The second-order valence-corrected chi connectivity index (χ2v) is 8.72. The third-order valence-corrected chi connectivity index (χ3v) is 6.07. The van der Waals surface area contributed by atoms with Crippen molar-refractivity contribution < 1.29 is 23.8 Å². The summed E-state index contributed by atoms with van der Waals surface area (Å²) in [4.78, 5) is 26.2. The molecule has 0 spiro atoms. The highest BCUT2D eigenvalue weighted by atomic mass is 35.5. The van der Waals surface area contributed by atoms with E-state index in [1.165, 1.54) is 5.01 Å². The van der Waals surface area contributed by atoms with Crippen molar-refractivity contribution in [3.8, 4) is 17.2 Å². The number of amides is 2. The molecule has 0 aromatic heterocycles. The Labute approximate surface area is 215 Å². The number of nitrogens with one attached hydrogen (secondary N) is 2. The maximum Gasteiger partial charge on any atom is 0.276 e. The van der Waals surface area contributed by atoms with Gasteiger partial charge in [-0.25, -0.2) is 5.01 Å². The van der Waals surface area contributed by atoms with E-state index in [1.807, 2.05) is 31.2 Å². The molecule has 36 heavy (non-hydrogen) atoms. The number of aryl methyl sites for hydroxylation is 1. The number of hydrazine groups is 1. The van der Waals surface area contributed by atoms with Gasteiger partial charge in [0, 0.05) is 22.7 Å². The van der Waals surface area contributed by atoms with Crippen LogP contribution in [0, 0.1) is 6.92 Å². The summed E-state index contributed by atoms with van der Waals surface area (Å²) in [7, 11) is 3.10. The van der Waals surface area contributed by atoms with Crippen LogP contribution in [0.25, 0.3) is 0 Å². The van der Waals surface area contributed by atoms with E-state index in [0.29, 0.717) is 40.8 Å². The largest absolute Gasteiger partial charge is 0.493 e. The molecule has 1 unspecified atom stereocenters. The number of rotatable bonds is 9. The predicted octanol–water partition coefficient (Wildman–Crippen LogP) is 5.12. The first kappa shape index (κ1) is 25.2. The molecule has 1 heterocycles. The first-order valence-corrected chi connectivity index (χ1v) is 11.9. The molecule has 188 valence electrons. The smallest absolute Gasteiger partial charge is 0.276 e. The summed E-state index contributed by atoms with van der Waals surface area (Å²) in [5, 5.41) is 5.30. The molecule has 1 aliphatic heterocycles. The summed E-state index contributed by atoms with van der Waals surface area (Å²) in [6.07, 6.45) is 0.00152. The van der Waals surface area contributed by atoms with Crippen molar-refractivity contribution in [3.63, 3.8) is 0 Å². The lowest BCUT2D eigenvalue weighted by molar-refractivity contribution is -0.126. The average molecular weight is 510 g/mol. The van der Waals surface area contributed by atoms with Gasteiger partial charge in [-0.05, 0) is 61.4 Å². The van der Waals surface area contributed by atoms with E-state index in [-0.39, 0.29) is 18.2 Å². The number of para-hydroxylation sites is 1. The van der Waals surface area contributed by atoms with Crippen LogP contribution in [0.5, 0.6) is 17.2 Å². The van der Waals surface area contributed by atoms with E-state index in [0.717, 1.165) is 16.9 Å². The minimum absolute atomic E-state index is 0.177. The summed E-state index contributed by atoms with van der Waals surface area (Å²) in [6.45, 7) is 2.26. The highest BCUT2D eigenvalue weighted by Gasteiger charge is 2.34. The number of methoxy groups -OCH3 is 2. The lowest BCUT2D eigenvalue weighted by atomic mass is 10.0. The molecule has 4 rings (SSSR count). The van der Waals surface area contributed by atoms with E-state index in [2.05, 4.69) is 10.7 Å². The summed E-state index contributed by atoms with van der Waals surface area (Å²) in [6, 6.07) is 17.9. The zero-order valence-corrected chi connectivity index (χ0v) is 21.1. The zero-order valence-electron chi connectivity index (χ0n) is 20.3. The first-order chi connectivity index (χ1) is 17.4. The fraction of sp³-hybridized carbons (Fsp3) is 0.259. The summed E-state index contributed by atoms with van der Waals surface area (Å²) in [5.74, 6) is 1.19. The number of carbonyl (C=O) groups is 2. The van der Waals surface area contributed by atoms with Crippen molar-refractivity contribution in [1.29, 1.82) is 0 Å². The van der Waals surface area contributed by atoms with E-state index in [4.69, 9.17) is 25.8 Å². The number of ether oxygens (including phenoxy) is 3. The second kappa shape index (κ2) is 11.2. The lowest BCUT2D eigenvalue weighted by Crippen LogP contribution is -2.52. The Bertz CT molecular complexity index is 1270. The summed E-state index contributed by atoms with van der Waals surface area (Å²) >= 11 is 5.98. The highest BCUT2D eigenvalue weighted by Crippen LogP contribution is 2.36. The molecule has 0 saturated carbocycles. The Morgan fingerprint density at radius 1 is 1.03 bits per heavy atom. The van der Waals surface area contributed by atoms with Gasteiger partial charge in [0.25, 0.3) is 5.91 Å². The van der Waals surface area contributed by atoms with Crippen LogP contribution in [0.4, 0.5) is 5.69 Å². The Balaban J connectivity index is 1.47. The number of nitrogens with zero attached hydrogens (tertiary/aromatic N) is 1. The molecule has 3 aromatic carbocycles. The predicted molar refractivity (Wildman–Crippen MR) is 138 cm³/mol. The van der Waals surface area contributed by atoms with E-state index in [9.17, 15) is 9.59 Å². The SMILES string of the molecule is COc1ccc(C2Nc3ccccc3C(=O)N2NC(=O)CCCOc2ccc(Cl)cc2C)cc1OC. The fourth-order valence-electron chi connectivity index (χ4n) is 4.00. The van der Waals surface area contributed by atoms with Crippen LogP contribution in [0.15, 0.2) is 60.7 Å². The van der Waals surface area contributed by atoms with Crippen molar-refractivity contribution >= 4 is 29.1 Å². The number of hydrogen-bond acceptors (Lipinski definition) is 6. The summed E-state index contributed by atoms with van der Waals surface area (Å²) in [5.41, 5.74) is 5.57. The monoisotopic (exact) mass is 509 g/mol. The molecule has 1 aliphatic rings. The molecule has 0 aliphatic carbocycles. The van der Waals surface area contributed by atoms with Crippen molar-refractivity contribution in [3.05, 3.63) is 82.4 Å². The number of carbonyl (C=O) groups excluding carboxylic acids is 2. The number of anilines is 1. The van der Waals surface area contributed by atoms with Gasteiger partial charge in [0.1, 0.15) is 11.9 Å². The van der Waals surface area contributed by atoms with Gasteiger partial charge < -0.3 is 19.5 Å². The molecule has 0 saturated heterocycles. The zero-order chi connectivity index (χ0) is 25.7. The summed E-state index contributed by atoms with van der Waals surface area (Å²) < 4.78 is 16.5. The normalized spacial score (nSPS) is 14.5. The maximum atomic E-state index is 13.4. The minimum atomic E-state index is -0.649. The number of hydrogen-bond donors (Lipinski definition) is 2. The van der Waals surface area contributed by atoms with E-state index < -0.39 is 6.17 Å². The third kappa shape index (κ3) is 5.49. The second-order valence-electron chi connectivity index (χ2n) is 8.28. The molecule has 0 radical (unpaired) electrons. The van der Waals surface area contributed by atoms with Crippen LogP contribution in [0.1, 0.15) is 40.5 Å². The van der Waals surface area contributed by atoms with Crippen LogP contribution in [-0.4, -0.2) is 37.6 Å². The number of benzene rings is 3. The quantitative estimate of drug-likeness (QED) is 0.389. The van der Waals surface area contributed by atoms with Crippen molar-refractivity contribution in [2.75, 3.05) is 26.1 Å². The van der Waals surface area contributed by atoms with Crippen LogP contribution >= 0.6 is 11.6 Å². The van der Waals surface area contributed by atoms with E-state index in [1.54, 1.807) is 50.6 Å². The molecule has 3 aromatic rings. The molecular formula is C27H28ClN3O5. The first-order valence-electron chi connectivity index (χ1n) is 11.5. The maximum absolute atomic E-state index is 13.4. The average Bonchev–Trinajstić information content (AvgIpc) is 2.88. The Kier molecular flexibility index (Phi) is 7.85. The van der Waals surface area contributed by atoms with Gasteiger partial charge >= 0.3 is 0 Å². The van der Waals surface area contributed by atoms with Gasteiger partial charge in [-0.1, -0.05) is 29.8 Å².